The lowest BCUT2D eigenvalue weighted by molar-refractivity contribution is -0.147. The van der Waals surface area contributed by atoms with Gasteiger partial charge in [0.05, 0.1) is 0 Å². The van der Waals surface area contributed by atoms with Crippen molar-refractivity contribution in [3.8, 4) is 11.1 Å². The van der Waals surface area contributed by atoms with Crippen molar-refractivity contribution in [1.29, 1.82) is 0 Å². The van der Waals surface area contributed by atoms with E-state index in [4.69, 9.17) is 16.3 Å². The van der Waals surface area contributed by atoms with Crippen LogP contribution in [0.25, 0.3) is 22.0 Å². The second-order valence-electron chi connectivity index (χ2n) is 11.5. The van der Waals surface area contributed by atoms with Crippen LogP contribution < -0.4 is 10.6 Å². The Balaban J connectivity index is 1.41. The Bertz CT molecular complexity index is 1620. The Morgan fingerprint density at radius 2 is 1.68 bits per heavy atom. The number of H-pyrrole nitrogens is 1. The molecule has 0 radical (unpaired) electrons. The van der Waals surface area contributed by atoms with E-state index in [0.717, 1.165) is 38.7 Å². The number of ether oxygens (including phenoxy) is 1. The number of benzene rings is 3. The van der Waals surface area contributed by atoms with E-state index >= 15 is 0 Å². The first kappa shape index (κ1) is 28.2. The van der Waals surface area contributed by atoms with Gasteiger partial charge in [0.2, 0.25) is 5.91 Å². The van der Waals surface area contributed by atoms with Gasteiger partial charge in [-0.05, 0) is 66.8 Å². The van der Waals surface area contributed by atoms with Crippen molar-refractivity contribution in [2.24, 2.45) is 0 Å². The molecule has 1 heterocycles. The van der Waals surface area contributed by atoms with Gasteiger partial charge < -0.3 is 25.5 Å². The highest BCUT2D eigenvalue weighted by molar-refractivity contribution is 6.30. The molecule has 2 atom stereocenters. The zero-order valence-electron chi connectivity index (χ0n) is 23.1. The van der Waals surface area contributed by atoms with Crippen LogP contribution in [0.1, 0.15) is 37.5 Å². The SMILES string of the molecule is CC(C)(C)OC(=O)N[C@H](Cc1c[nH]c2ccccc12)C(=O)NC1(C(=O)O)Cc2ccc(-c3ccc(Cl)cc3)cc2C1. The molecule has 0 bridgehead atoms. The number of amides is 2. The number of fused-ring (bicyclic) bond motifs is 2. The lowest BCUT2D eigenvalue weighted by atomic mass is 9.94. The minimum atomic E-state index is -1.56. The minimum Gasteiger partial charge on any atom is -0.479 e. The number of carboxylic acids is 1. The average Bonchev–Trinajstić information content (AvgIpc) is 3.49. The molecule has 1 aliphatic carbocycles. The summed E-state index contributed by atoms with van der Waals surface area (Å²) in [6.45, 7) is 5.19. The second-order valence-corrected chi connectivity index (χ2v) is 11.9. The van der Waals surface area contributed by atoms with Gasteiger partial charge in [0, 0.05) is 41.4 Å². The Kier molecular flexibility index (Phi) is 7.53. The first-order chi connectivity index (χ1) is 19.4. The fourth-order valence-electron chi connectivity index (χ4n) is 5.29. The standard InChI is InChI=1S/C32H32ClN3O5/c1-31(2,3)41-30(40)35-27(15-23-18-34-26-7-5-4-6-25(23)26)28(37)36-32(29(38)39)16-21-9-8-20(14-22(21)17-32)19-10-12-24(33)13-11-19/h4-14,18,27,34H,15-17H2,1-3H3,(H,35,40)(H,36,37)(H,38,39)/t27-,32?/m1/s1. The van der Waals surface area contributed by atoms with Gasteiger partial charge in [0.25, 0.3) is 0 Å². The fourth-order valence-corrected chi connectivity index (χ4v) is 5.42. The summed E-state index contributed by atoms with van der Waals surface area (Å²) in [5.41, 5.74) is 2.93. The number of hydrogen-bond acceptors (Lipinski definition) is 4. The van der Waals surface area contributed by atoms with Crippen molar-refractivity contribution in [2.45, 2.75) is 57.2 Å². The van der Waals surface area contributed by atoms with Gasteiger partial charge in [-0.1, -0.05) is 60.1 Å². The highest BCUT2D eigenvalue weighted by Crippen LogP contribution is 2.34. The number of alkyl carbamates (subject to hydrolysis) is 1. The molecular weight excluding hydrogens is 542 g/mol. The molecule has 0 saturated heterocycles. The van der Waals surface area contributed by atoms with Crippen molar-refractivity contribution in [3.63, 3.8) is 0 Å². The van der Waals surface area contributed by atoms with Crippen LogP contribution in [0.4, 0.5) is 4.79 Å². The molecule has 0 fully saturated rings. The van der Waals surface area contributed by atoms with Crippen LogP contribution in [-0.4, -0.2) is 45.2 Å². The second kappa shape index (κ2) is 10.9. The molecule has 3 aromatic carbocycles. The summed E-state index contributed by atoms with van der Waals surface area (Å²) in [4.78, 5) is 42.4. The summed E-state index contributed by atoms with van der Waals surface area (Å²) in [7, 11) is 0. The molecule has 1 aliphatic rings. The number of carboxylic acid groups (broad SMARTS) is 1. The van der Waals surface area contributed by atoms with Gasteiger partial charge in [0.1, 0.15) is 17.2 Å². The Labute approximate surface area is 243 Å². The molecule has 2 amide bonds. The molecule has 4 aromatic rings. The van der Waals surface area contributed by atoms with Crippen molar-refractivity contribution in [2.75, 3.05) is 0 Å². The lowest BCUT2D eigenvalue weighted by Crippen LogP contribution is -2.60. The quantitative estimate of drug-likeness (QED) is 0.227. The van der Waals surface area contributed by atoms with Crippen molar-refractivity contribution in [1.82, 2.24) is 15.6 Å². The molecule has 1 aromatic heterocycles. The van der Waals surface area contributed by atoms with Crippen LogP contribution in [0.5, 0.6) is 0 Å². The predicted molar refractivity (Wildman–Crippen MR) is 158 cm³/mol. The zero-order valence-corrected chi connectivity index (χ0v) is 23.8. The van der Waals surface area contributed by atoms with Gasteiger partial charge >= 0.3 is 12.1 Å². The highest BCUT2D eigenvalue weighted by atomic mass is 35.5. The predicted octanol–water partition coefficient (Wildman–Crippen LogP) is 5.66. The van der Waals surface area contributed by atoms with Crippen LogP contribution in [0.15, 0.2) is 72.9 Å². The fraction of sp³-hybridized carbons (Fsp3) is 0.281. The van der Waals surface area contributed by atoms with Crippen LogP contribution >= 0.6 is 11.6 Å². The molecule has 5 rings (SSSR count). The number of hydrogen-bond donors (Lipinski definition) is 4. The van der Waals surface area contributed by atoms with Crippen molar-refractivity contribution < 1.29 is 24.2 Å². The van der Waals surface area contributed by atoms with Gasteiger partial charge in [-0.25, -0.2) is 9.59 Å². The monoisotopic (exact) mass is 573 g/mol. The van der Waals surface area contributed by atoms with E-state index in [1.165, 1.54) is 0 Å². The number of para-hydroxylation sites is 1. The molecule has 0 saturated carbocycles. The lowest BCUT2D eigenvalue weighted by Gasteiger charge is -2.29. The Morgan fingerprint density at radius 3 is 2.39 bits per heavy atom. The number of nitrogens with one attached hydrogen (secondary N) is 3. The maximum Gasteiger partial charge on any atom is 0.408 e. The molecule has 212 valence electrons. The minimum absolute atomic E-state index is 0.108. The number of aliphatic carboxylic acids is 1. The first-order valence-corrected chi connectivity index (χ1v) is 13.8. The maximum atomic E-state index is 13.8. The summed E-state index contributed by atoms with van der Waals surface area (Å²) in [6.07, 6.45) is 1.40. The van der Waals surface area contributed by atoms with E-state index < -0.39 is 35.2 Å². The summed E-state index contributed by atoms with van der Waals surface area (Å²) in [5, 5.41) is 17.4. The summed E-state index contributed by atoms with van der Waals surface area (Å²) >= 11 is 6.03. The number of aromatic amines is 1. The van der Waals surface area contributed by atoms with E-state index in [1.54, 1.807) is 39.1 Å². The molecular formula is C32H32ClN3O5. The molecule has 0 aliphatic heterocycles. The normalized spacial score (nSPS) is 17.1. The molecule has 41 heavy (non-hydrogen) atoms. The average molecular weight is 574 g/mol. The molecule has 8 nitrogen and oxygen atoms in total. The van der Waals surface area contributed by atoms with E-state index in [9.17, 15) is 19.5 Å². The molecule has 4 N–H and O–H groups in total. The van der Waals surface area contributed by atoms with Crippen molar-refractivity contribution >= 4 is 40.5 Å². The number of carbonyl (C=O) groups excluding carboxylic acids is 2. The third kappa shape index (κ3) is 6.23. The Morgan fingerprint density at radius 1 is 1.00 bits per heavy atom. The summed E-state index contributed by atoms with van der Waals surface area (Å²) < 4.78 is 5.42. The van der Waals surface area contributed by atoms with E-state index in [1.807, 2.05) is 54.6 Å². The van der Waals surface area contributed by atoms with Crippen LogP contribution in [-0.2, 0) is 33.6 Å². The van der Waals surface area contributed by atoms with E-state index in [0.29, 0.717) is 5.02 Å². The third-order valence-electron chi connectivity index (χ3n) is 7.25. The van der Waals surface area contributed by atoms with Gasteiger partial charge in [-0.2, -0.15) is 0 Å². The van der Waals surface area contributed by atoms with Gasteiger partial charge in [-0.3, -0.25) is 4.79 Å². The van der Waals surface area contributed by atoms with E-state index in [-0.39, 0.29) is 19.3 Å². The van der Waals surface area contributed by atoms with Gasteiger partial charge in [-0.15, -0.1) is 0 Å². The smallest absolute Gasteiger partial charge is 0.408 e. The topological polar surface area (TPSA) is 121 Å². The first-order valence-electron chi connectivity index (χ1n) is 13.4. The van der Waals surface area contributed by atoms with Crippen LogP contribution in [0.2, 0.25) is 5.02 Å². The largest absolute Gasteiger partial charge is 0.479 e. The zero-order chi connectivity index (χ0) is 29.4. The highest BCUT2D eigenvalue weighted by Gasteiger charge is 2.46. The molecule has 9 heteroatoms. The maximum absolute atomic E-state index is 13.8. The third-order valence-corrected chi connectivity index (χ3v) is 7.50. The summed E-state index contributed by atoms with van der Waals surface area (Å²) in [6, 6.07) is 19.8. The number of aromatic nitrogens is 1. The Hall–Kier alpha value is -4.30. The number of halogens is 1. The number of carbonyl (C=O) groups is 3. The molecule has 0 spiro atoms. The van der Waals surface area contributed by atoms with Crippen LogP contribution in [0.3, 0.4) is 0 Å². The molecule has 1 unspecified atom stereocenters. The number of rotatable bonds is 7. The van der Waals surface area contributed by atoms with Crippen molar-refractivity contribution in [3.05, 3.63) is 94.6 Å². The summed E-state index contributed by atoms with van der Waals surface area (Å²) in [5.74, 6) is -1.74. The van der Waals surface area contributed by atoms with E-state index in [2.05, 4.69) is 15.6 Å². The van der Waals surface area contributed by atoms with Crippen LogP contribution in [0, 0.1) is 0 Å². The van der Waals surface area contributed by atoms with Gasteiger partial charge in [0.15, 0.2) is 0 Å².